The summed E-state index contributed by atoms with van der Waals surface area (Å²) in [6.07, 6.45) is 5.60. The molecule has 0 radical (unpaired) electrons. The monoisotopic (exact) mass is 284 g/mol. The molecule has 0 N–H and O–H groups in total. The third kappa shape index (κ3) is 2.31. The molecule has 2 heterocycles. The third-order valence-corrected chi connectivity index (χ3v) is 3.00. The van der Waals surface area contributed by atoms with E-state index in [2.05, 4.69) is 15.1 Å². The fraction of sp³-hybridized carbons (Fsp3) is 0. The number of aldehydes is 1. The number of aromatic nitrogens is 4. The van der Waals surface area contributed by atoms with Crippen molar-refractivity contribution in [3.8, 4) is 17.2 Å². The maximum absolute atomic E-state index is 11.2. The zero-order chi connectivity index (χ0) is 13.9. The summed E-state index contributed by atoms with van der Waals surface area (Å²) in [4.78, 5) is 19.4. The molecule has 0 amide bonds. The smallest absolute Gasteiger partial charge is 0.250 e. The lowest BCUT2D eigenvalue weighted by molar-refractivity contribution is 0.112. The number of halogens is 1. The Morgan fingerprint density at radius 2 is 1.80 bits per heavy atom. The largest absolute Gasteiger partial charge is 0.298 e. The summed E-state index contributed by atoms with van der Waals surface area (Å²) in [5, 5.41) is 5.00. The van der Waals surface area contributed by atoms with Gasteiger partial charge in [-0.2, -0.15) is 5.10 Å². The first-order valence-electron chi connectivity index (χ1n) is 5.86. The van der Waals surface area contributed by atoms with Crippen LogP contribution in [0.2, 0.25) is 5.02 Å². The van der Waals surface area contributed by atoms with Crippen LogP contribution in [-0.2, 0) is 0 Å². The quantitative estimate of drug-likeness (QED) is 0.694. The van der Waals surface area contributed by atoms with Crippen molar-refractivity contribution >= 4 is 17.9 Å². The van der Waals surface area contributed by atoms with Crippen LogP contribution in [0.5, 0.6) is 0 Å². The first kappa shape index (κ1) is 12.5. The summed E-state index contributed by atoms with van der Waals surface area (Å²) in [5.41, 5.74) is 1.86. The highest BCUT2D eigenvalue weighted by molar-refractivity contribution is 6.30. The molecule has 98 valence electrons. The molecule has 0 fully saturated rings. The molecule has 20 heavy (non-hydrogen) atoms. The predicted octanol–water partition coefficient (Wildman–Crippen LogP) is 2.80. The number of hydrogen-bond donors (Lipinski definition) is 0. The Bertz CT molecular complexity index is 738. The predicted molar refractivity (Wildman–Crippen MR) is 75.0 cm³/mol. The third-order valence-electron chi connectivity index (χ3n) is 2.74. The first-order valence-corrected chi connectivity index (χ1v) is 6.24. The molecular weight excluding hydrogens is 276 g/mol. The van der Waals surface area contributed by atoms with Gasteiger partial charge in [-0.1, -0.05) is 23.7 Å². The molecule has 0 atom stereocenters. The molecule has 1 aromatic carbocycles. The number of nitrogens with zero attached hydrogens (tertiary/aromatic N) is 4. The SMILES string of the molecule is O=Cc1cn(-c2ncccn2)nc1-c1ccc(Cl)cc1. The second-order valence-corrected chi connectivity index (χ2v) is 4.49. The van der Waals surface area contributed by atoms with Gasteiger partial charge in [-0.05, 0) is 18.2 Å². The normalized spacial score (nSPS) is 10.4. The lowest BCUT2D eigenvalue weighted by atomic mass is 10.1. The standard InChI is InChI=1S/C14H9ClN4O/c15-12-4-2-10(3-5-12)13-11(9-20)8-19(18-13)14-16-6-1-7-17-14/h1-9H. The van der Waals surface area contributed by atoms with Gasteiger partial charge in [0, 0.05) is 29.2 Å². The number of carbonyl (C=O) groups excluding carboxylic acids is 1. The van der Waals surface area contributed by atoms with Crippen LogP contribution in [0.25, 0.3) is 17.2 Å². The summed E-state index contributed by atoms with van der Waals surface area (Å²) < 4.78 is 1.48. The van der Waals surface area contributed by atoms with Crippen molar-refractivity contribution in [3.63, 3.8) is 0 Å². The van der Waals surface area contributed by atoms with Gasteiger partial charge in [0.1, 0.15) is 5.69 Å². The van der Waals surface area contributed by atoms with E-state index in [1.54, 1.807) is 36.8 Å². The van der Waals surface area contributed by atoms with Crippen molar-refractivity contribution in [1.29, 1.82) is 0 Å². The van der Waals surface area contributed by atoms with E-state index in [1.165, 1.54) is 4.68 Å². The van der Waals surface area contributed by atoms with Gasteiger partial charge >= 0.3 is 0 Å². The Morgan fingerprint density at radius 1 is 1.10 bits per heavy atom. The van der Waals surface area contributed by atoms with Crippen LogP contribution in [-0.4, -0.2) is 26.0 Å². The number of carbonyl (C=O) groups is 1. The minimum atomic E-state index is 0.413. The number of rotatable bonds is 3. The van der Waals surface area contributed by atoms with E-state index in [1.807, 2.05) is 12.1 Å². The van der Waals surface area contributed by atoms with Crippen molar-refractivity contribution < 1.29 is 4.79 Å². The summed E-state index contributed by atoms with van der Waals surface area (Å²) in [5.74, 6) is 0.413. The molecule has 0 saturated carbocycles. The van der Waals surface area contributed by atoms with Crippen molar-refractivity contribution in [3.05, 3.63) is 59.5 Å². The van der Waals surface area contributed by atoms with E-state index < -0.39 is 0 Å². The zero-order valence-electron chi connectivity index (χ0n) is 10.3. The molecule has 5 nitrogen and oxygen atoms in total. The van der Waals surface area contributed by atoms with Gasteiger partial charge in [0.25, 0.3) is 0 Å². The maximum atomic E-state index is 11.2. The van der Waals surface area contributed by atoms with Crippen molar-refractivity contribution in [1.82, 2.24) is 19.7 Å². The molecule has 2 aromatic heterocycles. The van der Waals surface area contributed by atoms with Gasteiger partial charge in [0.05, 0.1) is 5.56 Å². The van der Waals surface area contributed by atoms with E-state index in [0.717, 1.165) is 11.8 Å². The fourth-order valence-corrected chi connectivity index (χ4v) is 1.94. The van der Waals surface area contributed by atoms with Gasteiger partial charge < -0.3 is 0 Å². The molecule has 0 saturated heterocycles. The summed E-state index contributed by atoms with van der Waals surface area (Å²) >= 11 is 5.86. The lowest BCUT2D eigenvalue weighted by Crippen LogP contribution is -2.00. The lowest BCUT2D eigenvalue weighted by Gasteiger charge is -1.99. The Hall–Kier alpha value is -2.53. The fourth-order valence-electron chi connectivity index (χ4n) is 1.82. The second-order valence-electron chi connectivity index (χ2n) is 4.05. The summed E-state index contributed by atoms with van der Waals surface area (Å²) in [6.45, 7) is 0. The molecule has 0 aliphatic rings. The molecular formula is C14H9ClN4O. The van der Waals surface area contributed by atoms with Gasteiger partial charge in [0.2, 0.25) is 5.95 Å². The van der Waals surface area contributed by atoms with Gasteiger partial charge in [-0.15, -0.1) is 0 Å². The van der Waals surface area contributed by atoms with Crippen LogP contribution < -0.4 is 0 Å². The summed E-state index contributed by atoms with van der Waals surface area (Å²) in [6, 6.07) is 8.85. The molecule has 0 bridgehead atoms. The molecule has 3 aromatic rings. The number of benzene rings is 1. The van der Waals surface area contributed by atoms with E-state index in [-0.39, 0.29) is 0 Å². The van der Waals surface area contributed by atoms with Crippen LogP contribution in [0.1, 0.15) is 10.4 Å². The Balaban J connectivity index is 2.10. The van der Waals surface area contributed by atoms with Crippen LogP contribution in [0.3, 0.4) is 0 Å². The van der Waals surface area contributed by atoms with E-state index >= 15 is 0 Å². The minimum absolute atomic E-state index is 0.413. The molecule has 3 rings (SSSR count). The van der Waals surface area contributed by atoms with Gasteiger partial charge in [0.15, 0.2) is 6.29 Å². The van der Waals surface area contributed by atoms with E-state index in [4.69, 9.17) is 11.6 Å². The van der Waals surface area contributed by atoms with Crippen molar-refractivity contribution in [2.45, 2.75) is 0 Å². The maximum Gasteiger partial charge on any atom is 0.250 e. The topological polar surface area (TPSA) is 60.7 Å². The number of hydrogen-bond acceptors (Lipinski definition) is 4. The van der Waals surface area contributed by atoms with Gasteiger partial charge in [-0.3, -0.25) is 4.79 Å². The molecule has 6 heteroatoms. The second kappa shape index (κ2) is 5.22. The van der Waals surface area contributed by atoms with Crippen molar-refractivity contribution in [2.75, 3.05) is 0 Å². The van der Waals surface area contributed by atoms with Gasteiger partial charge in [-0.25, -0.2) is 14.6 Å². The first-order chi connectivity index (χ1) is 9.78. The van der Waals surface area contributed by atoms with Crippen molar-refractivity contribution in [2.24, 2.45) is 0 Å². The van der Waals surface area contributed by atoms with Crippen LogP contribution in [0.4, 0.5) is 0 Å². The van der Waals surface area contributed by atoms with Crippen LogP contribution >= 0.6 is 11.6 Å². The molecule has 0 spiro atoms. The molecule has 0 aliphatic heterocycles. The minimum Gasteiger partial charge on any atom is -0.298 e. The van der Waals surface area contributed by atoms with Crippen LogP contribution in [0, 0.1) is 0 Å². The molecule has 0 aliphatic carbocycles. The Kier molecular flexibility index (Phi) is 3.26. The summed E-state index contributed by atoms with van der Waals surface area (Å²) in [7, 11) is 0. The van der Waals surface area contributed by atoms with E-state index in [0.29, 0.717) is 22.2 Å². The molecule has 0 unspecified atom stereocenters. The average molecular weight is 285 g/mol. The van der Waals surface area contributed by atoms with Crippen LogP contribution in [0.15, 0.2) is 48.9 Å². The Morgan fingerprint density at radius 3 is 2.45 bits per heavy atom. The highest BCUT2D eigenvalue weighted by Gasteiger charge is 2.12. The zero-order valence-corrected chi connectivity index (χ0v) is 11.0. The highest BCUT2D eigenvalue weighted by atomic mass is 35.5. The average Bonchev–Trinajstić information content (AvgIpc) is 2.93. The Labute approximate surface area is 119 Å². The van der Waals surface area contributed by atoms with E-state index in [9.17, 15) is 4.79 Å². The highest BCUT2D eigenvalue weighted by Crippen LogP contribution is 2.23.